The number of carbonyl (C=O) groups is 1. The number of hydrogen-bond donors (Lipinski definition) is 3. The van der Waals surface area contributed by atoms with Crippen LogP contribution in [-0.2, 0) is 6.54 Å². The smallest absolute Gasteiger partial charge is 0.267 e. The molecule has 25 heavy (non-hydrogen) atoms. The van der Waals surface area contributed by atoms with Gasteiger partial charge in [0.15, 0.2) is 5.13 Å². The second-order valence-electron chi connectivity index (χ2n) is 5.72. The van der Waals surface area contributed by atoms with Crippen molar-refractivity contribution < 1.29 is 9.90 Å². The molecule has 1 aromatic heterocycles. The summed E-state index contributed by atoms with van der Waals surface area (Å²) in [5.41, 5.74) is 3.34. The van der Waals surface area contributed by atoms with Crippen LogP contribution in [-0.4, -0.2) is 16.0 Å². The van der Waals surface area contributed by atoms with E-state index < -0.39 is 0 Å². The summed E-state index contributed by atoms with van der Waals surface area (Å²) >= 11 is 1.30. The number of rotatable bonds is 5. The van der Waals surface area contributed by atoms with Crippen molar-refractivity contribution in [2.45, 2.75) is 20.4 Å². The summed E-state index contributed by atoms with van der Waals surface area (Å²) < 4.78 is 0. The lowest BCUT2D eigenvalue weighted by Gasteiger charge is -2.11. The molecule has 0 spiro atoms. The predicted octanol–water partition coefficient (Wildman–Crippen LogP) is 4.33. The molecule has 3 N–H and O–H groups in total. The summed E-state index contributed by atoms with van der Waals surface area (Å²) in [5.74, 6) is -0.0718. The Hall–Kier alpha value is -2.86. The summed E-state index contributed by atoms with van der Waals surface area (Å²) in [6, 6.07) is 13.4. The molecule has 1 amide bonds. The van der Waals surface area contributed by atoms with E-state index in [-0.39, 0.29) is 11.7 Å². The van der Waals surface area contributed by atoms with Crippen molar-refractivity contribution in [3.05, 3.63) is 70.2 Å². The van der Waals surface area contributed by atoms with Gasteiger partial charge in [0.2, 0.25) is 0 Å². The minimum Gasteiger partial charge on any atom is -0.508 e. The fourth-order valence-electron chi connectivity index (χ4n) is 2.44. The van der Waals surface area contributed by atoms with Gasteiger partial charge in [0.05, 0.1) is 11.9 Å². The molecular weight excluding hydrogens is 334 g/mol. The van der Waals surface area contributed by atoms with Gasteiger partial charge in [-0.25, -0.2) is 4.98 Å². The van der Waals surface area contributed by atoms with Crippen LogP contribution in [0.15, 0.2) is 48.7 Å². The third kappa shape index (κ3) is 3.97. The van der Waals surface area contributed by atoms with Gasteiger partial charge < -0.3 is 15.7 Å². The Bertz CT molecular complexity index is 891. The predicted molar refractivity (Wildman–Crippen MR) is 101 cm³/mol. The van der Waals surface area contributed by atoms with E-state index in [0.717, 1.165) is 11.1 Å². The maximum Gasteiger partial charge on any atom is 0.267 e. The van der Waals surface area contributed by atoms with Gasteiger partial charge in [0.25, 0.3) is 5.91 Å². The summed E-state index contributed by atoms with van der Waals surface area (Å²) in [5, 5.41) is 16.6. The zero-order valence-corrected chi connectivity index (χ0v) is 14.9. The molecule has 0 unspecified atom stereocenters. The molecule has 0 fully saturated rings. The fraction of sp³-hybridized carbons (Fsp3) is 0.158. The van der Waals surface area contributed by atoms with Crippen molar-refractivity contribution in [1.29, 1.82) is 0 Å². The number of carbonyl (C=O) groups excluding carboxylic acids is 1. The van der Waals surface area contributed by atoms with Gasteiger partial charge >= 0.3 is 0 Å². The lowest BCUT2D eigenvalue weighted by Crippen LogP contribution is -2.12. The van der Waals surface area contributed by atoms with Gasteiger partial charge in [-0.2, -0.15) is 0 Å². The molecule has 3 aromatic rings. The molecular formula is C19H19N3O2S. The Balaban J connectivity index is 1.68. The maximum atomic E-state index is 12.5. The average molecular weight is 353 g/mol. The number of benzene rings is 2. The third-order valence-corrected chi connectivity index (χ3v) is 4.85. The molecule has 0 radical (unpaired) electrons. The van der Waals surface area contributed by atoms with Crippen LogP contribution in [0, 0.1) is 13.8 Å². The first-order valence-electron chi connectivity index (χ1n) is 7.88. The number of nitrogens with zero attached hydrogens (tertiary/aromatic N) is 1. The maximum absolute atomic E-state index is 12.5. The van der Waals surface area contributed by atoms with Gasteiger partial charge in [-0.1, -0.05) is 47.7 Å². The Kier molecular flexibility index (Phi) is 5.00. The normalized spacial score (nSPS) is 10.5. The highest BCUT2D eigenvalue weighted by Crippen LogP contribution is 2.29. The number of thiazole rings is 1. The average Bonchev–Trinajstić information content (AvgIpc) is 3.10. The standard InChI is InChI=1S/C19H19N3O2S/c1-12-8-9-15(23)13(2)17(12)22-18(24)16-11-21-19(25-16)20-10-14-6-4-3-5-7-14/h3-9,11,23H,10H2,1-2H3,(H,20,21)(H,22,24). The van der Waals surface area contributed by atoms with Crippen molar-refractivity contribution >= 4 is 28.1 Å². The van der Waals surface area contributed by atoms with Crippen LogP contribution in [0.1, 0.15) is 26.4 Å². The van der Waals surface area contributed by atoms with Crippen LogP contribution >= 0.6 is 11.3 Å². The molecule has 0 saturated heterocycles. The second-order valence-corrected chi connectivity index (χ2v) is 6.76. The molecule has 0 saturated carbocycles. The molecule has 0 bridgehead atoms. The van der Waals surface area contributed by atoms with Gasteiger partial charge in [0, 0.05) is 12.1 Å². The highest BCUT2D eigenvalue weighted by Gasteiger charge is 2.14. The molecule has 6 heteroatoms. The van der Waals surface area contributed by atoms with Crippen molar-refractivity contribution in [1.82, 2.24) is 4.98 Å². The highest BCUT2D eigenvalue weighted by molar-refractivity contribution is 7.17. The van der Waals surface area contributed by atoms with E-state index in [1.807, 2.05) is 37.3 Å². The summed E-state index contributed by atoms with van der Waals surface area (Å²) in [4.78, 5) is 17.2. The van der Waals surface area contributed by atoms with Gasteiger partial charge in [-0.15, -0.1) is 0 Å². The van der Waals surface area contributed by atoms with Crippen LogP contribution in [0.2, 0.25) is 0 Å². The summed E-state index contributed by atoms with van der Waals surface area (Å²) in [6.07, 6.45) is 1.56. The molecule has 0 aliphatic rings. The minimum atomic E-state index is -0.234. The first-order valence-corrected chi connectivity index (χ1v) is 8.70. The molecule has 2 aromatic carbocycles. The SMILES string of the molecule is Cc1ccc(O)c(C)c1NC(=O)c1cnc(NCc2ccccc2)s1. The number of aromatic hydroxyl groups is 1. The first-order chi connectivity index (χ1) is 12.0. The Labute approximate surface area is 150 Å². The molecule has 3 rings (SSSR count). The molecule has 1 heterocycles. The number of amides is 1. The van der Waals surface area contributed by atoms with Crippen molar-refractivity contribution in [2.75, 3.05) is 10.6 Å². The quantitative estimate of drug-likeness (QED) is 0.638. The molecule has 0 aliphatic heterocycles. The van der Waals surface area contributed by atoms with Gasteiger partial charge in [-0.3, -0.25) is 4.79 Å². The zero-order chi connectivity index (χ0) is 17.8. The number of anilines is 2. The van der Waals surface area contributed by atoms with E-state index in [1.165, 1.54) is 11.3 Å². The van der Waals surface area contributed by atoms with Crippen molar-refractivity contribution in [2.24, 2.45) is 0 Å². The van der Waals surface area contributed by atoms with Crippen LogP contribution in [0.5, 0.6) is 5.75 Å². The number of hydrogen-bond acceptors (Lipinski definition) is 5. The van der Waals surface area contributed by atoms with E-state index in [0.29, 0.717) is 27.8 Å². The van der Waals surface area contributed by atoms with Crippen LogP contribution < -0.4 is 10.6 Å². The lowest BCUT2D eigenvalue weighted by molar-refractivity contribution is 0.103. The molecule has 128 valence electrons. The lowest BCUT2D eigenvalue weighted by atomic mass is 10.1. The van der Waals surface area contributed by atoms with Crippen LogP contribution in [0.3, 0.4) is 0 Å². The molecule has 0 aliphatic carbocycles. The Morgan fingerprint density at radius 3 is 2.68 bits per heavy atom. The van der Waals surface area contributed by atoms with E-state index >= 15 is 0 Å². The highest BCUT2D eigenvalue weighted by atomic mass is 32.1. The number of aryl methyl sites for hydroxylation is 1. The van der Waals surface area contributed by atoms with Crippen LogP contribution in [0.25, 0.3) is 0 Å². The van der Waals surface area contributed by atoms with Gasteiger partial charge in [-0.05, 0) is 31.0 Å². The zero-order valence-electron chi connectivity index (χ0n) is 14.0. The van der Waals surface area contributed by atoms with Crippen molar-refractivity contribution in [3.8, 4) is 5.75 Å². The first kappa shape index (κ1) is 17.0. The Morgan fingerprint density at radius 2 is 1.92 bits per heavy atom. The minimum absolute atomic E-state index is 0.162. The monoisotopic (exact) mass is 353 g/mol. The summed E-state index contributed by atoms with van der Waals surface area (Å²) in [6.45, 7) is 4.32. The topological polar surface area (TPSA) is 74.2 Å². The van der Waals surface area contributed by atoms with Gasteiger partial charge in [0.1, 0.15) is 10.6 Å². The largest absolute Gasteiger partial charge is 0.508 e. The number of aromatic nitrogens is 1. The molecule has 5 nitrogen and oxygen atoms in total. The van der Waals surface area contributed by atoms with E-state index in [1.54, 1.807) is 25.3 Å². The van der Waals surface area contributed by atoms with Crippen molar-refractivity contribution in [3.63, 3.8) is 0 Å². The van der Waals surface area contributed by atoms with Crippen LogP contribution in [0.4, 0.5) is 10.8 Å². The molecule has 0 atom stereocenters. The summed E-state index contributed by atoms with van der Waals surface area (Å²) in [7, 11) is 0. The van der Waals surface area contributed by atoms with E-state index in [2.05, 4.69) is 15.6 Å². The fourth-order valence-corrected chi connectivity index (χ4v) is 3.15. The Morgan fingerprint density at radius 1 is 1.16 bits per heavy atom. The van der Waals surface area contributed by atoms with E-state index in [4.69, 9.17) is 0 Å². The number of phenolic OH excluding ortho intramolecular Hbond substituents is 1. The van der Waals surface area contributed by atoms with E-state index in [9.17, 15) is 9.90 Å². The second kappa shape index (κ2) is 7.36. The third-order valence-electron chi connectivity index (χ3n) is 3.90. The number of phenols is 1. The number of nitrogens with one attached hydrogen (secondary N) is 2.